The largest absolute Gasteiger partial charge is 0.396 e. The summed E-state index contributed by atoms with van der Waals surface area (Å²) in [6.07, 6.45) is 5.89. The average molecular weight is 293 g/mol. The summed E-state index contributed by atoms with van der Waals surface area (Å²) < 4.78 is 0. The molecule has 0 unspecified atom stereocenters. The van der Waals surface area contributed by atoms with Gasteiger partial charge in [0.2, 0.25) is 0 Å². The fourth-order valence-corrected chi connectivity index (χ4v) is 3.16. The van der Waals surface area contributed by atoms with Gasteiger partial charge in [-0.3, -0.25) is 0 Å². The molecule has 0 aromatic heterocycles. The van der Waals surface area contributed by atoms with E-state index in [1.165, 1.54) is 19.3 Å². The summed E-state index contributed by atoms with van der Waals surface area (Å²) in [5.74, 6) is 0. The van der Waals surface area contributed by atoms with Crippen LogP contribution in [0.15, 0.2) is 18.2 Å². The Kier molecular flexibility index (Phi) is 5.42. The molecule has 1 aliphatic rings. The van der Waals surface area contributed by atoms with Gasteiger partial charge in [-0.1, -0.05) is 36.9 Å². The standard InChI is InChI=1S/C16H21ClN2O/c17-15-8-13(9-18)4-5-14(15)10-19-11-16(12-20)6-2-1-3-7-16/h4-5,8,19-20H,1-3,6-7,10-12H2. The van der Waals surface area contributed by atoms with E-state index >= 15 is 0 Å². The summed E-state index contributed by atoms with van der Waals surface area (Å²) in [5.41, 5.74) is 1.62. The van der Waals surface area contributed by atoms with Crippen molar-refractivity contribution < 1.29 is 5.11 Å². The van der Waals surface area contributed by atoms with Gasteiger partial charge >= 0.3 is 0 Å². The first-order valence-corrected chi connectivity index (χ1v) is 7.57. The quantitative estimate of drug-likeness (QED) is 0.876. The zero-order chi connectivity index (χ0) is 14.4. The van der Waals surface area contributed by atoms with Crippen molar-refractivity contribution >= 4 is 11.6 Å². The Morgan fingerprint density at radius 1 is 1.30 bits per heavy atom. The lowest BCUT2D eigenvalue weighted by Crippen LogP contribution is -2.38. The van der Waals surface area contributed by atoms with Crippen molar-refractivity contribution in [2.75, 3.05) is 13.2 Å². The maximum Gasteiger partial charge on any atom is 0.0992 e. The minimum atomic E-state index is 0.0390. The molecule has 1 aromatic rings. The molecule has 0 heterocycles. The third-order valence-corrected chi connectivity index (χ3v) is 4.60. The molecule has 1 saturated carbocycles. The predicted molar refractivity (Wildman–Crippen MR) is 80.5 cm³/mol. The van der Waals surface area contributed by atoms with Crippen LogP contribution in [0.3, 0.4) is 0 Å². The van der Waals surface area contributed by atoms with Crippen molar-refractivity contribution in [3.8, 4) is 6.07 Å². The van der Waals surface area contributed by atoms with Crippen LogP contribution in [0.2, 0.25) is 5.02 Å². The summed E-state index contributed by atoms with van der Waals surface area (Å²) in [6, 6.07) is 7.45. The van der Waals surface area contributed by atoms with Crippen LogP contribution in [0.5, 0.6) is 0 Å². The number of halogens is 1. The molecule has 20 heavy (non-hydrogen) atoms. The van der Waals surface area contributed by atoms with E-state index < -0.39 is 0 Å². The molecular formula is C16H21ClN2O. The molecule has 108 valence electrons. The molecule has 0 spiro atoms. The molecule has 0 atom stereocenters. The third kappa shape index (κ3) is 3.73. The van der Waals surface area contributed by atoms with Crippen LogP contribution in [-0.2, 0) is 6.54 Å². The van der Waals surface area contributed by atoms with Gasteiger partial charge in [-0.15, -0.1) is 0 Å². The van der Waals surface area contributed by atoms with Crippen LogP contribution in [0.25, 0.3) is 0 Å². The summed E-state index contributed by atoms with van der Waals surface area (Å²) in [7, 11) is 0. The highest BCUT2D eigenvalue weighted by molar-refractivity contribution is 6.31. The normalized spacial score (nSPS) is 17.6. The number of nitriles is 1. The first kappa shape index (κ1) is 15.3. The van der Waals surface area contributed by atoms with Gasteiger partial charge in [-0.2, -0.15) is 5.26 Å². The second-order valence-electron chi connectivity index (χ2n) is 5.74. The van der Waals surface area contributed by atoms with E-state index in [4.69, 9.17) is 16.9 Å². The van der Waals surface area contributed by atoms with Crippen LogP contribution in [-0.4, -0.2) is 18.3 Å². The van der Waals surface area contributed by atoms with Crippen molar-refractivity contribution in [2.24, 2.45) is 5.41 Å². The first-order chi connectivity index (χ1) is 9.69. The number of benzene rings is 1. The van der Waals surface area contributed by atoms with Gasteiger partial charge < -0.3 is 10.4 Å². The van der Waals surface area contributed by atoms with Gasteiger partial charge in [0.25, 0.3) is 0 Å². The number of hydrogen-bond donors (Lipinski definition) is 2. The minimum absolute atomic E-state index is 0.0390. The molecule has 1 aromatic carbocycles. The first-order valence-electron chi connectivity index (χ1n) is 7.19. The monoisotopic (exact) mass is 292 g/mol. The Labute approximate surface area is 125 Å². The van der Waals surface area contributed by atoms with Gasteiger partial charge in [-0.05, 0) is 30.5 Å². The van der Waals surface area contributed by atoms with E-state index in [1.54, 1.807) is 12.1 Å². The summed E-state index contributed by atoms with van der Waals surface area (Å²) in [4.78, 5) is 0. The van der Waals surface area contributed by atoms with Gasteiger partial charge in [-0.25, -0.2) is 0 Å². The Balaban J connectivity index is 1.90. The number of aliphatic hydroxyl groups is 1. The van der Waals surface area contributed by atoms with E-state index in [9.17, 15) is 5.11 Å². The lowest BCUT2D eigenvalue weighted by molar-refractivity contribution is 0.0810. The molecule has 0 amide bonds. The molecule has 0 aliphatic heterocycles. The lowest BCUT2D eigenvalue weighted by atomic mass is 9.74. The van der Waals surface area contributed by atoms with E-state index in [-0.39, 0.29) is 12.0 Å². The fourth-order valence-electron chi connectivity index (χ4n) is 2.92. The zero-order valence-electron chi connectivity index (χ0n) is 11.7. The fraction of sp³-hybridized carbons (Fsp3) is 0.562. The van der Waals surface area contributed by atoms with Gasteiger partial charge in [0.15, 0.2) is 0 Å². The Bertz CT molecular complexity index is 490. The number of aliphatic hydroxyl groups excluding tert-OH is 1. The number of nitrogens with zero attached hydrogens (tertiary/aromatic N) is 1. The van der Waals surface area contributed by atoms with Crippen LogP contribution < -0.4 is 5.32 Å². The summed E-state index contributed by atoms with van der Waals surface area (Å²) >= 11 is 6.16. The summed E-state index contributed by atoms with van der Waals surface area (Å²) in [6.45, 7) is 1.74. The van der Waals surface area contributed by atoms with Crippen LogP contribution >= 0.6 is 11.6 Å². The molecule has 1 fully saturated rings. The molecule has 2 N–H and O–H groups in total. The van der Waals surface area contributed by atoms with Crippen LogP contribution in [0.1, 0.15) is 43.2 Å². The van der Waals surface area contributed by atoms with E-state index in [2.05, 4.69) is 11.4 Å². The van der Waals surface area contributed by atoms with Crippen molar-refractivity contribution in [1.29, 1.82) is 5.26 Å². The highest BCUT2D eigenvalue weighted by Crippen LogP contribution is 2.35. The Morgan fingerprint density at radius 3 is 2.65 bits per heavy atom. The zero-order valence-corrected chi connectivity index (χ0v) is 12.4. The maximum atomic E-state index is 9.66. The topological polar surface area (TPSA) is 56.0 Å². The average Bonchev–Trinajstić information content (AvgIpc) is 2.50. The lowest BCUT2D eigenvalue weighted by Gasteiger charge is -2.35. The molecule has 1 aliphatic carbocycles. The third-order valence-electron chi connectivity index (χ3n) is 4.25. The molecular weight excluding hydrogens is 272 g/mol. The highest BCUT2D eigenvalue weighted by Gasteiger charge is 2.30. The Hall–Kier alpha value is -1.08. The molecule has 0 radical (unpaired) electrons. The van der Waals surface area contributed by atoms with Crippen molar-refractivity contribution in [3.63, 3.8) is 0 Å². The predicted octanol–water partition coefficient (Wildman–Crippen LogP) is 3.24. The molecule has 2 rings (SSSR count). The molecule has 0 bridgehead atoms. The number of nitrogens with one attached hydrogen (secondary N) is 1. The van der Waals surface area contributed by atoms with Crippen LogP contribution in [0, 0.1) is 16.7 Å². The van der Waals surface area contributed by atoms with E-state index in [0.717, 1.165) is 24.9 Å². The van der Waals surface area contributed by atoms with Crippen molar-refractivity contribution in [3.05, 3.63) is 34.3 Å². The van der Waals surface area contributed by atoms with Crippen LogP contribution in [0.4, 0.5) is 0 Å². The SMILES string of the molecule is N#Cc1ccc(CNCC2(CO)CCCCC2)c(Cl)c1. The molecule has 0 saturated heterocycles. The smallest absolute Gasteiger partial charge is 0.0992 e. The van der Waals surface area contributed by atoms with Gasteiger partial charge in [0, 0.05) is 30.1 Å². The minimum Gasteiger partial charge on any atom is -0.396 e. The van der Waals surface area contributed by atoms with Gasteiger partial charge in [0.05, 0.1) is 11.6 Å². The van der Waals surface area contributed by atoms with E-state index in [0.29, 0.717) is 17.1 Å². The van der Waals surface area contributed by atoms with Crippen molar-refractivity contribution in [2.45, 2.75) is 38.6 Å². The molecule has 3 nitrogen and oxygen atoms in total. The second kappa shape index (κ2) is 7.08. The summed E-state index contributed by atoms with van der Waals surface area (Å²) in [5, 5.41) is 22.5. The van der Waals surface area contributed by atoms with Crippen molar-refractivity contribution in [1.82, 2.24) is 5.32 Å². The molecule has 4 heteroatoms. The number of hydrogen-bond acceptors (Lipinski definition) is 3. The number of rotatable bonds is 5. The Morgan fingerprint density at radius 2 is 2.05 bits per heavy atom. The maximum absolute atomic E-state index is 9.66. The second-order valence-corrected chi connectivity index (χ2v) is 6.15. The highest BCUT2D eigenvalue weighted by atomic mass is 35.5. The van der Waals surface area contributed by atoms with Gasteiger partial charge in [0.1, 0.15) is 0 Å². The van der Waals surface area contributed by atoms with E-state index in [1.807, 2.05) is 6.07 Å².